The van der Waals surface area contributed by atoms with Crippen LogP contribution in [-0.4, -0.2) is 51.6 Å². The maximum atomic E-state index is 12.9. The van der Waals surface area contributed by atoms with Crippen LogP contribution in [0.1, 0.15) is 50.9 Å². The van der Waals surface area contributed by atoms with E-state index < -0.39 is 34.6 Å². The normalized spacial score (nSPS) is 38.4. The van der Waals surface area contributed by atoms with Gasteiger partial charge < -0.3 is 19.7 Å². The highest BCUT2D eigenvalue weighted by Crippen LogP contribution is 2.63. The zero-order chi connectivity index (χ0) is 24.0. The largest absolute Gasteiger partial charge is 0.458 e. The Morgan fingerprint density at radius 3 is 2.73 bits per heavy atom. The topological polar surface area (TPSA) is 106 Å². The van der Waals surface area contributed by atoms with Gasteiger partial charge in [-0.15, -0.1) is 0 Å². The molecule has 1 aromatic rings. The molecule has 6 atom stereocenters. The van der Waals surface area contributed by atoms with Crippen molar-refractivity contribution in [3.05, 3.63) is 65.5 Å². The second kappa shape index (κ2) is 8.22. The molecule has 3 aliphatic rings. The Morgan fingerprint density at radius 1 is 1.33 bits per heavy atom. The maximum Gasteiger partial charge on any atom is 0.340 e. The molecular formula is C26H31NO6. The molecule has 0 amide bonds. The summed E-state index contributed by atoms with van der Waals surface area (Å²) in [5.74, 6) is -1.12. The molecule has 33 heavy (non-hydrogen) atoms. The Balaban J connectivity index is 1.76. The lowest BCUT2D eigenvalue weighted by Gasteiger charge is -2.64. The van der Waals surface area contributed by atoms with Crippen LogP contribution in [0.3, 0.4) is 0 Å². The number of allylic oxidation sites excluding steroid dienone is 1. The predicted octanol–water partition coefficient (Wildman–Crippen LogP) is 3.14. The monoisotopic (exact) mass is 453 g/mol. The van der Waals surface area contributed by atoms with Crippen molar-refractivity contribution in [2.75, 3.05) is 6.61 Å². The number of carbonyl (C=O) groups is 2. The van der Waals surface area contributed by atoms with E-state index in [1.54, 1.807) is 31.3 Å². The molecule has 0 aromatic carbocycles. The first-order chi connectivity index (χ1) is 15.5. The molecule has 7 nitrogen and oxygen atoms in total. The molecule has 2 heterocycles. The van der Waals surface area contributed by atoms with Crippen molar-refractivity contribution >= 4 is 11.9 Å². The number of ether oxygens (including phenoxy) is 2. The molecule has 6 unspecified atom stereocenters. The standard InChI is InChI=1S/C26H31NO6/c1-16-7-5-9-19-24(2,11-10-17-13-20(28)32-15-17)26(4,31)21(29)22(25(16,19)3)33-23(30)18-8-6-12-27-14-18/h6-8,10-14,19,21-22,29,31H,5,9,15H2,1-4H3. The number of hydrogen-bond donors (Lipinski definition) is 2. The minimum atomic E-state index is -1.62. The number of fused-ring (bicyclic) bond motifs is 1. The fourth-order valence-electron chi connectivity index (χ4n) is 5.80. The molecule has 4 rings (SSSR count). The quantitative estimate of drug-likeness (QED) is 0.533. The van der Waals surface area contributed by atoms with Crippen molar-refractivity contribution in [3.8, 4) is 0 Å². The molecule has 2 aliphatic carbocycles. The molecule has 1 saturated carbocycles. The molecule has 0 radical (unpaired) electrons. The number of carbonyl (C=O) groups excluding carboxylic acids is 2. The van der Waals surface area contributed by atoms with Gasteiger partial charge in [0.15, 0.2) is 0 Å². The number of nitrogens with zero attached hydrogens (tertiary/aromatic N) is 1. The van der Waals surface area contributed by atoms with Gasteiger partial charge in [-0.05, 0) is 50.3 Å². The fraction of sp³-hybridized carbons (Fsp3) is 0.500. The van der Waals surface area contributed by atoms with Gasteiger partial charge in [0.1, 0.15) is 24.4 Å². The second-order valence-electron chi connectivity index (χ2n) is 9.90. The van der Waals surface area contributed by atoms with Crippen LogP contribution in [0.2, 0.25) is 0 Å². The molecule has 0 bridgehead atoms. The van der Waals surface area contributed by atoms with Crippen LogP contribution in [0.15, 0.2) is 60.0 Å². The molecular weight excluding hydrogens is 422 g/mol. The third-order valence-electron chi connectivity index (χ3n) is 8.21. The summed E-state index contributed by atoms with van der Waals surface area (Å²) in [6.45, 7) is 7.68. The average Bonchev–Trinajstić information content (AvgIpc) is 3.21. The molecule has 0 spiro atoms. The summed E-state index contributed by atoms with van der Waals surface area (Å²) in [6, 6.07) is 3.26. The van der Waals surface area contributed by atoms with Crippen LogP contribution in [0.5, 0.6) is 0 Å². The van der Waals surface area contributed by atoms with Crippen molar-refractivity contribution in [1.82, 2.24) is 4.98 Å². The maximum absolute atomic E-state index is 12.9. The summed E-state index contributed by atoms with van der Waals surface area (Å²) < 4.78 is 10.9. The summed E-state index contributed by atoms with van der Waals surface area (Å²) in [7, 11) is 0. The predicted molar refractivity (Wildman–Crippen MR) is 121 cm³/mol. The molecule has 1 aromatic heterocycles. The van der Waals surface area contributed by atoms with E-state index in [1.807, 2.05) is 26.8 Å². The first-order valence-corrected chi connectivity index (χ1v) is 11.3. The van der Waals surface area contributed by atoms with Crippen molar-refractivity contribution in [1.29, 1.82) is 0 Å². The highest BCUT2D eigenvalue weighted by atomic mass is 16.6. The van der Waals surface area contributed by atoms with E-state index in [-0.39, 0.29) is 24.1 Å². The van der Waals surface area contributed by atoms with E-state index in [9.17, 15) is 19.8 Å². The number of esters is 2. The number of hydrogen-bond acceptors (Lipinski definition) is 7. The van der Waals surface area contributed by atoms with Crippen molar-refractivity contribution < 1.29 is 29.3 Å². The van der Waals surface area contributed by atoms with E-state index in [0.717, 1.165) is 18.4 Å². The van der Waals surface area contributed by atoms with E-state index >= 15 is 0 Å². The Bertz CT molecular complexity index is 1040. The smallest absolute Gasteiger partial charge is 0.340 e. The number of cyclic esters (lactones) is 1. The van der Waals surface area contributed by atoms with Gasteiger partial charge in [-0.2, -0.15) is 0 Å². The Labute approximate surface area is 193 Å². The van der Waals surface area contributed by atoms with Gasteiger partial charge >= 0.3 is 11.9 Å². The van der Waals surface area contributed by atoms with E-state index in [4.69, 9.17) is 9.47 Å². The van der Waals surface area contributed by atoms with Crippen LogP contribution in [-0.2, 0) is 14.3 Å². The van der Waals surface area contributed by atoms with Crippen molar-refractivity contribution in [2.45, 2.75) is 58.3 Å². The van der Waals surface area contributed by atoms with Gasteiger partial charge in [0.25, 0.3) is 0 Å². The van der Waals surface area contributed by atoms with Crippen LogP contribution in [0, 0.1) is 16.7 Å². The second-order valence-corrected chi connectivity index (χ2v) is 9.90. The molecule has 0 saturated heterocycles. The summed E-state index contributed by atoms with van der Waals surface area (Å²) in [4.78, 5) is 28.4. The van der Waals surface area contributed by atoms with Crippen LogP contribution < -0.4 is 0 Å². The van der Waals surface area contributed by atoms with Gasteiger partial charge in [0.05, 0.1) is 5.56 Å². The molecule has 2 N–H and O–H groups in total. The van der Waals surface area contributed by atoms with Crippen LogP contribution in [0.25, 0.3) is 0 Å². The van der Waals surface area contributed by atoms with E-state index in [2.05, 4.69) is 11.1 Å². The summed E-state index contributed by atoms with van der Waals surface area (Å²) >= 11 is 0. The highest BCUT2D eigenvalue weighted by Gasteiger charge is 2.68. The zero-order valence-corrected chi connectivity index (χ0v) is 19.4. The van der Waals surface area contributed by atoms with Crippen molar-refractivity contribution in [3.63, 3.8) is 0 Å². The third kappa shape index (κ3) is 3.63. The number of aromatic nitrogens is 1. The lowest BCUT2D eigenvalue weighted by atomic mass is 9.44. The van der Waals surface area contributed by atoms with Gasteiger partial charge in [-0.25, -0.2) is 9.59 Å². The Kier molecular flexibility index (Phi) is 5.83. The lowest BCUT2D eigenvalue weighted by molar-refractivity contribution is -0.251. The minimum Gasteiger partial charge on any atom is -0.458 e. The summed E-state index contributed by atoms with van der Waals surface area (Å²) in [5.41, 5.74) is -1.20. The first-order valence-electron chi connectivity index (χ1n) is 11.3. The number of aliphatic hydroxyl groups excluding tert-OH is 1. The molecule has 1 fully saturated rings. The lowest BCUT2D eigenvalue weighted by Crippen LogP contribution is -2.71. The third-order valence-corrected chi connectivity index (χ3v) is 8.21. The Hall–Kier alpha value is -2.77. The number of pyridine rings is 1. The summed E-state index contributed by atoms with van der Waals surface area (Å²) in [6.07, 6.45) is 9.45. The average molecular weight is 454 g/mol. The van der Waals surface area contributed by atoms with Gasteiger partial charge in [0.2, 0.25) is 0 Å². The van der Waals surface area contributed by atoms with Gasteiger partial charge in [-0.1, -0.05) is 37.6 Å². The zero-order valence-electron chi connectivity index (χ0n) is 19.4. The molecule has 1 aliphatic heterocycles. The molecule has 7 heteroatoms. The highest BCUT2D eigenvalue weighted by molar-refractivity contribution is 5.89. The Morgan fingerprint density at radius 2 is 2.09 bits per heavy atom. The SMILES string of the molecule is CC1=CCCC2C1(C)C(OC(=O)c1cccnc1)C(O)C(C)(O)C2(C)C=CC1=CC(=O)OC1. The minimum absolute atomic E-state index is 0.144. The van der Waals surface area contributed by atoms with Gasteiger partial charge in [0, 0.05) is 29.3 Å². The van der Waals surface area contributed by atoms with Crippen molar-refractivity contribution in [2.24, 2.45) is 16.7 Å². The van der Waals surface area contributed by atoms with Crippen LogP contribution in [0.4, 0.5) is 0 Å². The van der Waals surface area contributed by atoms with E-state index in [1.165, 1.54) is 12.3 Å². The molecule has 176 valence electrons. The van der Waals surface area contributed by atoms with E-state index in [0.29, 0.717) is 5.57 Å². The first kappa shape index (κ1) is 23.4. The van der Waals surface area contributed by atoms with Crippen LogP contribution >= 0.6 is 0 Å². The number of rotatable bonds is 4. The summed E-state index contributed by atoms with van der Waals surface area (Å²) in [5, 5.41) is 23.2. The fourth-order valence-corrected chi connectivity index (χ4v) is 5.80. The van der Waals surface area contributed by atoms with Gasteiger partial charge in [-0.3, -0.25) is 4.98 Å². The number of aliphatic hydroxyl groups is 2.